The highest BCUT2D eigenvalue weighted by Gasteiger charge is 2.17. The summed E-state index contributed by atoms with van der Waals surface area (Å²) in [5.41, 5.74) is 2.24. The van der Waals surface area contributed by atoms with Crippen molar-refractivity contribution in [1.82, 2.24) is 0 Å². The highest BCUT2D eigenvalue weighted by molar-refractivity contribution is 6.07. The number of nitrogens with one attached hydrogen (secondary N) is 1. The minimum Gasteiger partial charge on any atom is -0.578 e. The molecule has 7 nitrogen and oxygen atoms in total. The number of nitrogens with zero attached hydrogens (tertiary/aromatic N) is 2. The van der Waals surface area contributed by atoms with E-state index in [2.05, 4.69) is 9.89 Å². The molecular weight excluding hydrogens is 365 g/mol. The summed E-state index contributed by atoms with van der Waals surface area (Å²) < 4.78 is 19.2. The Kier molecular flexibility index (Phi) is 5.70. The summed E-state index contributed by atoms with van der Waals surface area (Å²) in [5.74, 6) is -2.75. The van der Waals surface area contributed by atoms with Crippen molar-refractivity contribution in [3.8, 4) is 0 Å². The summed E-state index contributed by atoms with van der Waals surface area (Å²) in [6.45, 7) is 4.93. The number of hydrogen-bond donors (Lipinski definition) is 2. The minimum absolute atomic E-state index is 0.105. The summed E-state index contributed by atoms with van der Waals surface area (Å²) in [5, 5.41) is 25.0. The predicted octanol–water partition coefficient (Wildman–Crippen LogP) is 2.17. The number of morpholine rings is 1. The van der Waals surface area contributed by atoms with Crippen LogP contribution in [0.15, 0.2) is 41.4 Å². The van der Waals surface area contributed by atoms with E-state index in [1.807, 2.05) is 19.1 Å². The number of aryl methyl sites for hydroxylation is 1. The number of carboxylic acids is 1. The second kappa shape index (κ2) is 8.18. The van der Waals surface area contributed by atoms with Crippen molar-refractivity contribution in [3.05, 3.63) is 64.5 Å². The van der Waals surface area contributed by atoms with E-state index < -0.39 is 17.3 Å². The van der Waals surface area contributed by atoms with Crippen LogP contribution in [0.1, 0.15) is 27.0 Å². The first-order valence-corrected chi connectivity index (χ1v) is 8.72. The molecule has 4 N–H and O–H groups in total. The maximum absolute atomic E-state index is 13.8. The molecule has 0 saturated carbocycles. The molecule has 0 spiro atoms. The monoisotopic (exact) mass is 386 g/mol. The van der Waals surface area contributed by atoms with E-state index >= 15 is 0 Å². The highest BCUT2D eigenvalue weighted by atomic mass is 19.1. The van der Waals surface area contributed by atoms with Crippen LogP contribution in [0.25, 0.3) is 0 Å². The molecule has 3 rings (SSSR count). The molecule has 0 aliphatic carbocycles. The lowest BCUT2D eigenvalue weighted by atomic mass is 10.1. The Morgan fingerprint density at radius 3 is 2.50 bits per heavy atom. The molecule has 28 heavy (non-hydrogen) atoms. The maximum atomic E-state index is 13.8. The van der Waals surface area contributed by atoms with Crippen LogP contribution in [-0.4, -0.2) is 54.2 Å². The molecule has 0 radical (unpaired) electrons. The Morgan fingerprint density at radius 1 is 1.21 bits per heavy atom. The summed E-state index contributed by atoms with van der Waals surface area (Å²) >= 11 is 0. The first-order valence-electron chi connectivity index (χ1n) is 8.72. The van der Waals surface area contributed by atoms with Crippen LogP contribution in [0, 0.1) is 18.2 Å². The zero-order chi connectivity index (χ0) is 20.3. The number of carboxylic acid groups (broad SMARTS) is 1. The van der Waals surface area contributed by atoms with Crippen molar-refractivity contribution in [1.29, 1.82) is 5.41 Å². The summed E-state index contributed by atoms with van der Waals surface area (Å²) in [7, 11) is 0. The molecule has 0 unspecified atom stereocenters. The van der Waals surface area contributed by atoms with Gasteiger partial charge in [-0.2, -0.15) is 0 Å². The Labute approximate surface area is 161 Å². The van der Waals surface area contributed by atoms with Gasteiger partial charge in [-0.1, -0.05) is 6.07 Å². The van der Waals surface area contributed by atoms with Gasteiger partial charge in [0.15, 0.2) is 5.84 Å². The van der Waals surface area contributed by atoms with Gasteiger partial charge >= 0.3 is 11.9 Å². The molecule has 146 valence electrons. The van der Waals surface area contributed by atoms with Crippen LogP contribution < -0.4 is 4.90 Å². The third kappa shape index (κ3) is 4.17. The van der Waals surface area contributed by atoms with Gasteiger partial charge < -0.3 is 19.8 Å². The molecule has 1 aliphatic rings. The van der Waals surface area contributed by atoms with E-state index in [-0.39, 0.29) is 17.3 Å². The van der Waals surface area contributed by atoms with Crippen molar-refractivity contribution in [2.45, 2.75) is 6.92 Å². The molecule has 1 saturated heterocycles. The molecule has 1 heterocycles. The smallest absolute Gasteiger partial charge is 0.366 e. The Balaban J connectivity index is 1.81. The van der Waals surface area contributed by atoms with E-state index in [1.54, 1.807) is 6.07 Å². The van der Waals surface area contributed by atoms with Crippen LogP contribution in [0.5, 0.6) is 0 Å². The van der Waals surface area contributed by atoms with E-state index in [0.717, 1.165) is 36.5 Å². The zero-order valence-electron chi connectivity index (χ0n) is 15.3. The molecular formula is C20H21FN3O4+. The average molecular weight is 386 g/mol. The van der Waals surface area contributed by atoms with Gasteiger partial charge in [0.2, 0.25) is 0 Å². The lowest BCUT2D eigenvalue weighted by Crippen LogP contribution is -2.36. The average Bonchev–Trinajstić information content (AvgIpc) is 2.68. The van der Waals surface area contributed by atoms with E-state index in [0.29, 0.717) is 18.8 Å². The van der Waals surface area contributed by atoms with Crippen molar-refractivity contribution in [3.63, 3.8) is 0 Å². The van der Waals surface area contributed by atoms with Gasteiger partial charge in [0.05, 0.1) is 24.3 Å². The van der Waals surface area contributed by atoms with Crippen molar-refractivity contribution in [2.75, 3.05) is 31.2 Å². The fourth-order valence-electron chi connectivity index (χ4n) is 3.04. The Bertz CT molecular complexity index is 952. The molecule has 0 atom stereocenters. The van der Waals surface area contributed by atoms with Gasteiger partial charge in [0.25, 0.3) is 0 Å². The van der Waals surface area contributed by atoms with Gasteiger partial charge in [-0.15, -0.1) is 4.99 Å². The molecule has 8 heteroatoms. The van der Waals surface area contributed by atoms with Gasteiger partial charge in [-0.05, 0) is 42.8 Å². The lowest BCUT2D eigenvalue weighted by Gasteiger charge is -2.30. The lowest BCUT2D eigenvalue weighted by molar-refractivity contribution is 0.0692. The van der Waals surface area contributed by atoms with Crippen LogP contribution in [0.2, 0.25) is 0 Å². The van der Waals surface area contributed by atoms with Crippen LogP contribution >= 0.6 is 0 Å². The van der Waals surface area contributed by atoms with Crippen LogP contribution in [-0.2, 0) is 4.74 Å². The topological polar surface area (TPSA) is 109 Å². The molecule has 0 amide bonds. The number of benzene rings is 2. The number of rotatable bonds is 4. The standard InChI is InChI=1S/C20H20FN3O4/c1-12-10-14(3-5-17(12)24-6-8-28-9-7-24)19(25)23-18(22)13-2-4-15(20(26)27)16(21)11-13/h2-5,10-11H,6-9H2,1H3,(H,26,27)(H2,22,23,25)/p+1. The third-order valence-corrected chi connectivity index (χ3v) is 4.52. The van der Waals surface area contributed by atoms with E-state index in [1.165, 1.54) is 6.07 Å². The highest BCUT2D eigenvalue weighted by Crippen LogP contribution is 2.22. The number of amidine groups is 1. The van der Waals surface area contributed by atoms with Gasteiger partial charge in [0, 0.05) is 24.3 Å². The zero-order valence-corrected chi connectivity index (χ0v) is 15.3. The van der Waals surface area contributed by atoms with Gasteiger partial charge in [-0.25, -0.2) is 9.18 Å². The minimum atomic E-state index is -1.38. The summed E-state index contributed by atoms with van der Waals surface area (Å²) in [4.78, 5) is 17.0. The SMILES string of the molecule is Cc1cc(C([OH2+])=NC(=N)c2ccc(C(=O)O)c(F)c2)ccc1N1CCOCC1. The van der Waals surface area contributed by atoms with Gasteiger partial charge in [0.1, 0.15) is 5.82 Å². The maximum Gasteiger partial charge on any atom is 0.366 e. The molecule has 0 bridgehead atoms. The largest absolute Gasteiger partial charge is 0.578 e. The van der Waals surface area contributed by atoms with Crippen molar-refractivity contribution in [2.24, 2.45) is 4.99 Å². The van der Waals surface area contributed by atoms with E-state index in [9.17, 15) is 9.18 Å². The quantitative estimate of drug-likeness (QED) is 0.477. The second-order valence-corrected chi connectivity index (χ2v) is 6.41. The number of carbonyl (C=O) groups is 1. The molecule has 1 aliphatic heterocycles. The fourth-order valence-corrected chi connectivity index (χ4v) is 3.04. The second-order valence-electron chi connectivity index (χ2n) is 6.41. The van der Waals surface area contributed by atoms with Crippen LogP contribution in [0.4, 0.5) is 10.1 Å². The molecule has 2 aromatic rings. The number of ether oxygens (including phenoxy) is 1. The summed E-state index contributed by atoms with van der Waals surface area (Å²) in [6.07, 6.45) is 0. The first kappa shape index (κ1) is 19.5. The number of hydrogen-bond acceptors (Lipinski definition) is 4. The fraction of sp³-hybridized carbons (Fsp3) is 0.250. The number of halogens is 1. The molecule has 0 aromatic heterocycles. The molecule has 1 fully saturated rings. The number of aromatic carboxylic acids is 1. The Morgan fingerprint density at radius 2 is 1.89 bits per heavy atom. The van der Waals surface area contributed by atoms with Crippen LogP contribution in [0.3, 0.4) is 0 Å². The van der Waals surface area contributed by atoms with Crippen molar-refractivity contribution < 1.29 is 24.1 Å². The summed E-state index contributed by atoms with van der Waals surface area (Å²) in [6, 6.07) is 8.85. The Hall–Kier alpha value is -3.26. The normalized spacial score (nSPS) is 14.8. The number of anilines is 1. The molecule has 2 aromatic carbocycles. The van der Waals surface area contributed by atoms with Gasteiger partial charge in [-0.3, -0.25) is 5.41 Å². The third-order valence-electron chi connectivity index (χ3n) is 4.52. The number of aliphatic imine (C=N–C) groups is 1. The predicted molar refractivity (Wildman–Crippen MR) is 105 cm³/mol. The van der Waals surface area contributed by atoms with Crippen molar-refractivity contribution >= 4 is 23.4 Å². The van der Waals surface area contributed by atoms with E-state index in [4.69, 9.17) is 20.4 Å². The first-order chi connectivity index (χ1) is 13.4.